The third kappa shape index (κ3) is 3.02. The molecule has 1 rings (SSSR count). The van der Waals surface area contributed by atoms with Crippen LogP contribution < -0.4 is 5.32 Å². The van der Waals surface area contributed by atoms with Gasteiger partial charge in [-0.3, -0.25) is 0 Å². The molecular weight excluding hydrogens is 178 g/mol. The van der Waals surface area contributed by atoms with E-state index < -0.39 is 0 Å². The van der Waals surface area contributed by atoms with Crippen molar-refractivity contribution in [1.82, 2.24) is 15.5 Å². The molecule has 1 aromatic rings. The van der Waals surface area contributed by atoms with E-state index in [0.717, 1.165) is 0 Å². The fraction of sp³-hybridized carbons (Fsp3) is 0.429. The molecule has 0 amide bonds. The average molecular weight is 188 g/mol. The Morgan fingerprint density at radius 2 is 2.50 bits per heavy atom. The van der Waals surface area contributed by atoms with Crippen molar-refractivity contribution >= 4 is 11.6 Å². The van der Waals surface area contributed by atoms with Gasteiger partial charge in [0.15, 0.2) is 5.82 Å². The summed E-state index contributed by atoms with van der Waals surface area (Å²) in [5, 5.41) is 6.77. The SMILES string of the molecule is Cc1nc(CNC/C=C/Cl)no1. The van der Waals surface area contributed by atoms with Gasteiger partial charge in [0, 0.05) is 19.0 Å². The van der Waals surface area contributed by atoms with E-state index in [-0.39, 0.29) is 0 Å². The first-order valence-corrected chi connectivity index (χ1v) is 4.01. The minimum Gasteiger partial charge on any atom is -0.340 e. The molecule has 0 radical (unpaired) electrons. The Labute approximate surface area is 75.6 Å². The van der Waals surface area contributed by atoms with E-state index in [1.54, 1.807) is 13.0 Å². The van der Waals surface area contributed by atoms with E-state index >= 15 is 0 Å². The van der Waals surface area contributed by atoms with Crippen molar-refractivity contribution in [1.29, 1.82) is 0 Å². The summed E-state index contributed by atoms with van der Waals surface area (Å²) in [4.78, 5) is 4.01. The van der Waals surface area contributed by atoms with Gasteiger partial charge in [0.1, 0.15) is 0 Å². The molecule has 1 heterocycles. The summed E-state index contributed by atoms with van der Waals surface area (Å²) >= 11 is 5.32. The first-order valence-electron chi connectivity index (χ1n) is 3.58. The van der Waals surface area contributed by atoms with Gasteiger partial charge in [0.05, 0.1) is 6.54 Å². The molecule has 0 unspecified atom stereocenters. The van der Waals surface area contributed by atoms with Crippen molar-refractivity contribution in [2.75, 3.05) is 6.54 Å². The quantitative estimate of drug-likeness (QED) is 0.721. The van der Waals surface area contributed by atoms with E-state index in [9.17, 15) is 0 Å². The molecule has 0 saturated carbocycles. The predicted molar refractivity (Wildman–Crippen MR) is 45.7 cm³/mol. The van der Waals surface area contributed by atoms with E-state index in [0.29, 0.717) is 24.8 Å². The summed E-state index contributed by atoms with van der Waals surface area (Å²) in [5.41, 5.74) is 1.47. The lowest BCUT2D eigenvalue weighted by Crippen LogP contribution is -2.13. The highest BCUT2D eigenvalue weighted by Gasteiger charge is 1.98. The van der Waals surface area contributed by atoms with Gasteiger partial charge in [-0.25, -0.2) is 0 Å². The van der Waals surface area contributed by atoms with Gasteiger partial charge in [0.2, 0.25) is 5.89 Å². The lowest BCUT2D eigenvalue weighted by atomic mass is 10.5. The largest absolute Gasteiger partial charge is 0.340 e. The molecule has 0 bridgehead atoms. The summed E-state index contributed by atoms with van der Waals surface area (Å²) in [6, 6.07) is 0. The zero-order chi connectivity index (χ0) is 8.81. The highest BCUT2D eigenvalue weighted by molar-refractivity contribution is 6.25. The van der Waals surface area contributed by atoms with Crippen LogP contribution in [-0.2, 0) is 6.54 Å². The summed E-state index contributed by atoms with van der Waals surface area (Å²) in [7, 11) is 0. The van der Waals surface area contributed by atoms with Crippen molar-refractivity contribution in [3.63, 3.8) is 0 Å². The van der Waals surface area contributed by atoms with Gasteiger partial charge < -0.3 is 9.84 Å². The van der Waals surface area contributed by atoms with Gasteiger partial charge in [-0.05, 0) is 0 Å². The van der Waals surface area contributed by atoms with Gasteiger partial charge >= 0.3 is 0 Å². The minimum atomic E-state index is 0.583. The van der Waals surface area contributed by atoms with E-state index in [2.05, 4.69) is 15.5 Å². The molecule has 5 heteroatoms. The minimum absolute atomic E-state index is 0.583. The summed E-state index contributed by atoms with van der Waals surface area (Å²) in [6.07, 6.45) is 1.80. The molecule has 0 fully saturated rings. The average Bonchev–Trinajstić information content (AvgIpc) is 2.45. The van der Waals surface area contributed by atoms with Crippen LogP contribution in [0.25, 0.3) is 0 Å². The van der Waals surface area contributed by atoms with Crippen LogP contribution in [0.5, 0.6) is 0 Å². The lowest BCUT2D eigenvalue weighted by molar-refractivity contribution is 0.386. The Balaban J connectivity index is 2.24. The van der Waals surface area contributed by atoms with Gasteiger partial charge in [-0.2, -0.15) is 4.98 Å². The van der Waals surface area contributed by atoms with Crippen LogP contribution in [0.4, 0.5) is 0 Å². The highest BCUT2D eigenvalue weighted by Crippen LogP contribution is 1.93. The van der Waals surface area contributed by atoms with Crippen molar-refractivity contribution in [2.45, 2.75) is 13.5 Å². The molecule has 0 spiro atoms. The fourth-order valence-corrected chi connectivity index (χ4v) is 0.814. The Kier molecular flexibility index (Phi) is 3.76. The molecule has 66 valence electrons. The van der Waals surface area contributed by atoms with Crippen molar-refractivity contribution in [3.8, 4) is 0 Å². The number of aryl methyl sites for hydroxylation is 1. The van der Waals surface area contributed by atoms with E-state index in [4.69, 9.17) is 16.1 Å². The number of nitrogens with one attached hydrogen (secondary N) is 1. The maximum atomic E-state index is 5.32. The molecule has 0 atom stereocenters. The third-order valence-electron chi connectivity index (χ3n) is 1.20. The molecular formula is C7H10ClN3O. The number of halogens is 1. The number of hydrogen-bond acceptors (Lipinski definition) is 4. The van der Waals surface area contributed by atoms with Crippen LogP contribution in [0.3, 0.4) is 0 Å². The Morgan fingerprint density at radius 1 is 1.67 bits per heavy atom. The molecule has 1 aromatic heterocycles. The monoisotopic (exact) mass is 187 g/mol. The fourth-order valence-electron chi connectivity index (χ4n) is 0.725. The predicted octanol–water partition coefficient (Wildman–Crippen LogP) is 1.22. The molecule has 0 saturated heterocycles. The normalized spacial score (nSPS) is 11.2. The van der Waals surface area contributed by atoms with E-state index in [1.165, 1.54) is 5.54 Å². The van der Waals surface area contributed by atoms with Gasteiger partial charge in [-0.1, -0.05) is 22.8 Å². The Bertz CT molecular complexity index is 259. The zero-order valence-electron chi connectivity index (χ0n) is 6.75. The smallest absolute Gasteiger partial charge is 0.223 e. The van der Waals surface area contributed by atoms with Crippen molar-refractivity contribution < 1.29 is 4.52 Å². The topological polar surface area (TPSA) is 51.0 Å². The van der Waals surface area contributed by atoms with Gasteiger partial charge in [0.25, 0.3) is 0 Å². The van der Waals surface area contributed by atoms with Crippen molar-refractivity contribution in [3.05, 3.63) is 23.3 Å². The third-order valence-corrected chi connectivity index (χ3v) is 1.38. The number of hydrogen-bond donors (Lipinski definition) is 1. The van der Waals surface area contributed by atoms with Crippen LogP contribution in [-0.4, -0.2) is 16.7 Å². The molecule has 0 aliphatic rings. The maximum absolute atomic E-state index is 5.32. The second-order valence-electron chi connectivity index (χ2n) is 2.22. The van der Waals surface area contributed by atoms with Crippen LogP contribution >= 0.6 is 11.6 Å². The van der Waals surface area contributed by atoms with Crippen molar-refractivity contribution in [2.24, 2.45) is 0 Å². The second-order valence-corrected chi connectivity index (χ2v) is 2.47. The number of nitrogens with zero attached hydrogens (tertiary/aromatic N) is 2. The number of rotatable bonds is 4. The van der Waals surface area contributed by atoms with E-state index in [1.807, 2.05) is 0 Å². The molecule has 0 aromatic carbocycles. The van der Waals surface area contributed by atoms with Crippen LogP contribution in [0.15, 0.2) is 16.1 Å². The zero-order valence-corrected chi connectivity index (χ0v) is 7.51. The highest BCUT2D eigenvalue weighted by atomic mass is 35.5. The molecule has 12 heavy (non-hydrogen) atoms. The van der Waals surface area contributed by atoms with Crippen LogP contribution in [0.1, 0.15) is 11.7 Å². The van der Waals surface area contributed by atoms with Crippen LogP contribution in [0, 0.1) is 6.92 Å². The standard InChI is InChI=1S/C7H10ClN3O/c1-6-10-7(11-12-6)5-9-4-2-3-8/h2-3,9H,4-5H2,1H3/b3-2+. The second kappa shape index (κ2) is 4.90. The molecule has 1 N–H and O–H groups in total. The Hall–Kier alpha value is -0.870. The lowest BCUT2D eigenvalue weighted by Gasteiger charge is -1.93. The summed E-state index contributed by atoms with van der Waals surface area (Å²) < 4.78 is 4.78. The van der Waals surface area contributed by atoms with Crippen LogP contribution in [0.2, 0.25) is 0 Å². The molecule has 0 aliphatic heterocycles. The summed E-state index contributed by atoms with van der Waals surface area (Å²) in [6.45, 7) is 3.06. The van der Waals surface area contributed by atoms with Gasteiger partial charge in [-0.15, -0.1) is 0 Å². The maximum Gasteiger partial charge on any atom is 0.223 e. The Morgan fingerprint density at radius 3 is 3.08 bits per heavy atom. The first-order chi connectivity index (χ1) is 5.83. The number of aromatic nitrogens is 2. The summed E-state index contributed by atoms with van der Waals surface area (Å²) in [5.74, 6) is 1.25. The molecule has 0 aliphatic carbocycles. The molecule has 4 nitrogen and oxygen atoms in total. The first kappa shape index (κ1) is 9.22.